The van der Waals surface area contributed by atoms with Crippen LogP contribution in [0.4, 0.5) is 0 Å². The zero-order chi connectivity index (χ0) is 7.72. The molecule has 0 amide bonds. The van der Waals surface area contributed by atoms with E-state index in [0.717, 1.165) is 12.8 Å². The van der Waals surface area contributed by atoms with E-state index in [1.807, 2.05) is 0 Å². The van der Waals surface area contributed by atoms with E-state index in [1.54, 1.807) is 0 Å². The third-order valence-corrected chi connectivity index (χ3v) is 2.73. The van der Waals surface area contributed by atoms with E-state index < -0.39 is 0 Å². The average molecular weight is 140 g/mol. The molecule has 58 valence electrons. The molecule has 0 heterocycles. The molecule has 0 bridgehead atoms. The van der Waals surface area contributed by atoms with Gasteiger partial charge in [0, 0.05) is 12.3 Å². The first kappa shape index (κ1) is 7.77. The predicted molar refractivity (Wildman–Crippen MR) is 41.7 cm³/mol. The minimum absolute atomic E-state index is 0.333. The van der Waals surface area contributed by atoms with E-state index in [2.05, 4.69) is 20.8 Å². The van der Waals surface area contributed by atoms with Crippen LogP contribution in [0.25, 0.3) is 0 Å². The van der Waals surface area contributed by atoms with Gasteiger partial charge in [0.1, 0.15) is 5.78 Å². The Bertz CT molecular complexity index is 138. The lowest BCUT2D eigenvalue weighted by Gasteiger charge is -2.17. The Labute approximate surface area is 62.8 Å². The number of carbonyl (C=O) groups excluding carboxylic acids is 1. The van der Waals surface area contributed by atoms with Gasteiger partial charge < -0.3 is 0 Å². The van der Waals surface area contributed by atoms with Gasteiger partial charge in [0.2, 0.25) is 0 Å². The summed E-state index contributed by atoms with van der Waals surface area (Å²) in [5.41, 5.74) is 0. The number of carbonyl (C=O) groups is 1. The van der Waals surface area contributed by atoms with Crippen molar-refractivity contribution in [2.45, 2.75) is 33.6 Å². The summed E-state index contributed by atoms with van der Waals surface area (Å²) in [6.07, 6.45) is 1.95. The van der Waals surface area contributed by atoms with Crippen LogP contribution >= 0.6 is 0 Å². The van der Waals surface area contributed by atoms with Crippen LogP contribution in [0, 0.1) is 17.8 Å². The lowest BCUT2D eigenvalue weighted by atomic mass is 9.87. The third kappa shape index (κ3) is 1.23. The molecule has 0 aromatic rings. The van der Waals surface area contributed by atoms with Crippen LogP contribution in [0.1, 0.15) is 33.6 Å². The van der Waals surface area contributed by atoms with E-state index in [9.17, 15) is 4.79 Å². The van der Waals surface area contributed by atoms with Crippen molar-refractivity contribution in [3.05, 3.63) is 0 Å². The van der Waals surface area contributed by atoms with Crippen molar-refractivity contribution < 1.29 is 4.79 Å². The summed E-state index contributed by atoms with van der Waals surface area (Å²) in [6.45, 7) is 6.49. The first-order chi connectivity index (χ1) is 4.63. The van der Waals surface area contributed by atoms with Gasteiger partial charge in [-0.25, -0.2) is 0 Å². The van der Waals surface area contributed by atoms with Crippen molar-refractivity contribution in [2.75, 3.05) is 0 Å². The molecule has 1 fully saturated rings. The van der Waals surface area contributed by atoms with E-state index in [0.29, 0.717) is 23.5 Å². The monoisotopic (exact) mass is 140 g/mol. The van der Waals surface area contributed by atoms with Gasteiger partial charge >= 0.3 is 0 Å². The van der Waals surface area contributed by atoms with Crippen LogP contribution in [0.5, 0.6) is 0 Å². The fourth-order valence-electron chi connectivity index (χ4n) is 1.94. The standard InChI is InChI=1S/C9H16O/c1-6(2)8-4-5-9(10)7(8)3/h6-8H,4-5H2,1-3H3. The quantitative estimate of drug-likeness (QED) is 0.546. The molecule has 1 aliphatic carbocycles. The molecule has 0 radical (unpaired) electrons. The molecule has 0 aliphatic heterocycles. The summed E-state index contributed by atoms with van der Waals surface area (Å²) in [6, 6.07) is 0. The Kier molecular flexibility index (Phi) is 2.12. The van der Waals surface area contributed by atoms with Gasteiger partial charge in [-0.2, -0.15) is 0 Å². The summed E-state index contributed by atoms with van der Waals surface area (Å²) in [4.78, 5) is 11.1. The molecule has 0 saturated heterocycles. The topological polar surface area (TPSA) is 17.1 Å². The van der Waals surface area contributed by atoms with Gasteiger partial charge in [0.25, 0.3) is 0 Å². The highest BCUT2D eigenvalue weighted by molar-refractivity contribution is 5.82. The maximum atomic E-state index is 11.1. The molecular formula is C9H16O. The second-order valence-corrected chi connectivity index (χ2v) is 3.70. The second-order valence-electron chi connectivity index (χ2n) is 3.70. The van der Waals surface area contributed by atoms with Crippen molar-refractivity contribution >= 4 is 5.78 Å². The Morgan fingerprint density at radius 3 is 2.30 bits per heavy atom. The van der Waals surface area contributed by atoms with E-state index >= 15 is 0 Å². The smallest absolute Gasteiger partial charge is 0.135 e. The summed E-state index contributed by atoms with van der Waals surface area (Å²) >= 11 is 0. The Hall–Kier alpha value is -0.330. The summed E-state index contributed by atoms with van der Waals surface area (Å²) in [5, 5.41) is 0. The van der Waals surface area contributed by atoms with Gasteiger partial charge in [-0.3, -0.25) is 4.79 Å². The number of Topliss-reactive ketones (excluding diaryl/α,β-unsaturated/α-hetero) is 1. The predicted octanol–water partition coefficient (Wildman–Crippen LogP) is 2.26. The highest BCUT2D eigenvalue weighted by Gasteiger charge is 2.32. The maximum absolute atomic E-state index is 11.1. The number of hydrogen-bond donors (Lipinski definition) is 0. The largest absolute Gasteiger partial charge is 0.299 e. The lowest BCUT2D eigenvalue weighted by molar-refractivity contribution is -0.120. The van der Waals surface area contributed by atoms with Gasteiger partial charge in [0.05, 0.1) is 0 Å². The van der Waals surface area contributed by atoms with Crippen molar-refractivity contribution in [3.8, 4) is 0 Å². The van der Waals surface area contributed by atoms with Crippen LogP contribution < -0.4 is 0 Å². The zero-order valence-corrected chi connectivity index (χ0v) is 7.05. The van der Waals surface area contributed by atoms with Crippen molar-refractivity contribution in [1.29, 1.82) is 0 Å². The van der Waals surface area contributed by atoms with Crippen molar-refractivity contribution in [1.82, 2.24) is 0 Å². The highest BCUT2D eigenvalue weighted by atomic mass is 16.1. The molecule has 2 atom stereocenters. The molecule has 1 rings (SSSR count). The summed E-state index contributed by atoms with van der Waals surface area (Å²) < 4.78 is 0. The SMILES string of the molecule is CC(C)C1CCC(=O)C1C. The Balaban J connectivity index is 2.57. The third-order valence-electron chi connectivity index (χ3n) is 2.73. The fraction of sp³-hybridized carbons (Fsp3) is 0.889. The molecule has 10 heavy (non-hydrogen) atoms. The number of rotatable bonds is 1. The Morgan fingerprint density at radius 1 is 1.50 bits per heavy atom. The average Bonchev–Trinajstić information content (AvgIpc) is 2.14. The van der Waals surface area contributed by atoms with Crippen LogP contribution in [0.15, 0.2) is 0 Å². The molecule has 0 N–H and O–H groups in total. The van der Waals surface area contributed by atoms with E-state index in [4.69, 9.17) is 0 Å². The summed E-state index contributed by atoms with van der Waals surface area (Å²) in [7, 11) is 0. The lowest BCUT2D eigenvalue weighted by Crippen LogP contribution is -2.15. The van der Waals surface area contributed by atoms with Gasteiger partial charge in [0.15, 0.2) is 0 Å². The van der Waals surface area contributed by atoms with Crippen LogP contribution in [-0.2, 0) is 4.79 Å². The van der Waals surface area contributed by atoms with Gasteiger partial charge in [-0.1, -0.05) is 20.8 Å². The number of hydrogen-bond acceptors (Lipinski definition) is 1. The van der Waals surface area contributed by atoms with Gasteiger partial charge in [-0.15, -0.1) is 0 Å². The zero-order valence-electron chi connectivity index (χ0n) is 7.05. The van der Waals surface area contributed by atoms with Crippen molar-refractivity contribution in [2.24, 2.45) is 17.8 Å². The first-order valence-electron chi connectivity index (χ1n) is 4.15. The maximum Gasteiger partial charge on any atom is 0.135 e. The molecule has 0 aromatic carbocycles. The minimum atomic E-state index is 0.333. The first-order valence-corrected chi connectivity index (χ1v) is 4.15. The normalized spacial score (nSPS) is 33.8. The van der Waals surface area contributed by atoms with Gasteiger partial charge in [-0.05, 0) is 18.3 Å². The van der Waals surface area contributed by atoms with Crippen LogP contribution in [-0.4, -0.2) is 5.78 Å². The van der Waals surface area contributed by atoms with E-state index in [-0.39, 0.29) is 0 Å². The molecule has 1 heteroatoms. The molecule has 2 unspecified atom stereocenters. The molecule has 0 aromatic heterocycles. The molecular weight excluding hydrogens is 124 g/mol. The fourth-order valence-corrected chi connectivity index (χ4v) is 1.94. The van der Waals surface area contributed by atoms with E-state index in [1.165, 1.54) is 0 Å². The second kappa shape index (κ2) is 2.73. The number of ketones is 1. The van der Waals surface area contributed by atoms with Crippen molar-refractivity contribution in [3.63, 3.8) is 0 Å². The molecule has 1 aliphatic rings. The molecule has 1 saturated carbocycles. The van der Waals surface area contributed by atoms with Crippen LogP contribution in [0.2, 0.25) is 0 Å². The Morgan fingerprint density at radius 2 is 2.10 bits per heavy atom. The molecule has 0 spiro atoms. The minimum Gasteiger partial charge on any atom is -0.299 e. The highest BCUT2D eigenvalue weighted by Crippen LogP contribution is 2.33. The summed E-state index contributed by atoms with van der Waals surface area (Å²) in [5.74, 6) is 2.15. The van der Waals surface area contributed by atoms with Crippen LogP contribution in [0.3, 0.4) is 0 Å². The molecule has 1 nitrogen and oxygen atoms in total.